The zero-order valence-electron chi connectivity index (χ0n) is 16.1. The summed E-state index contributed by atoms with van der Waals surface area (Å²) in [5.41, 5.74) is 5.57. The second kappa shape index (κ2) is 8.56. The summed E-state index contributed by atoms with van der Waals surface area (Å²) in [6.45, 7) is 6.33. The van der Waals surface area contributed by atoms with Gasteiger partial charge in [0.25, 0.3) is 0 Å². The van der Waals surface area contributed by atoms with Gasteiger partial charge < -0.3 is 14.8 Å². The summed E-state index contributed by atoms with van der Waals surface area (Å²) in [6, 6.07) is 10.9. The maximum atomic E-state index is 12.0. The number of rotatable bonds is 5. The van der Waals surface area contributed by atoms with Gasteiger partial charge in [0.15, 0.2) is 0 Å². The van der Waals surface area contributed by atoms with Crippen LogP contribution in [0.5, 0.6) is 11.5 Å². The molecule has 1 aliphatic rings. The Morgan fingerprint density at radius 2 is 2.00 bits per heavy atom. The molecule has 146 valence electrons. The molecule has 7 nitrogen and oxygen atoms in total. The fourth-order valence-electron chi connectivity index (χ4n) is 2.87. The number of amides is 2. The van der Waals surface area contributed by atoms with Crippen LogP contribution in [0, 0.1) is 6.92 Å². The van der Waals surface area contributed by atoms with Gasteiger partial charge in [0.05, 0.1) is 12.8 Å². The van der Waals surface area contributed by atoms with Gasteiger partial charge in [-0.05, 0) is 45.0 Å². The van der Waals surface area contributed by atoms with Crippen LogP contribution in [0.4, 0.5) is 5.69 Å². The van der Waals surface area contributed by atoms with Crippen LogP contribution in [-0.4, -0.2) is 30.7 Å². The molecule has 0 aromatic heterocycles. The molecule has 7 heteroatoms. The number of aryl methyl sites for hydroxylation is 1. The van der Waals surface area contributed by atoms with Gasteiger partial charge in [-0.3, -0.25) is 9.59 Å². The molecular weight excluding hydrogens is 358 g/mol. The lowest BCUT2D eigenvalue weighted by Gasteiger charge is -2.09. The van der Waals surface area contributed by atoms with Crippen molar-refractivity contribution in [1.29, 1.82) is 0 Å². The summed E-state index contributed by atoms with van der Waals surface area (Å²) >= 11 is 0. The van der Waals surface area contributed by atoms with Crippen LogP contribution in [0.3, 0.4) is 0 Å². The molecule has 0 fully saturated rings. The zero-order chi connectivity index (χ0) is 20.1. The Morgan fingerprint density at radius 1 is 1.25 bits per heavy atom. The summed E-state index contributed by atoms with van der Waals surface area (Å²) < 4.78 is 11.4. The fraction of sp³-hybridized carbons (Fsp3) is 0.286. The van der Waals surface area contributed by atoms with Gasteiger partial charge in [-0.2, -0.15) is 5.10 Å². The highest BCUT2D eigenvalue weighted by molar-refractivity contribution is 6.39. The molecule has 1 aliphatic heterocycles. The molecule has 28 heavy (non-hydrogen) atoms. The molecule has 1 atom stereocenters. The number of hydrogen-bond donors (Lipinski definition) is 2. The van der Waals surface area contributed by atoms with Crippen molar-refractivity contribution in [2.45, 2.75) is 33.3 Å². The number of anilines is 1. The average Bonchev–Trinajstić information content (AvgIpc) is 3.02. The maximum Gasteiger partial charge on any atom is 0.329 e. The van der Waals surface area contributed by atoms with Crippen molar-refractivity contribution >= 4 is 23.7 Å². The van der Waals surface area contributed by atoms with Gasteiger partial charge in [0.1, 0.15) is 17.6 Å². The van der Waals surface area contributed by atoms with Crippen LogP contribution in [0.1, 0.15) is 30.5 Å². The van der Waals surface area contributed by atoms with Crippen molar-refractivity contribution in [1.82, 2.24) is 5.43 Å². The van der Waals surface area contributed by atoms with Crippen LogP contribution >= 0.6 is 0 Å². The molecular formula is C21H23N3O4. The van der Waals surface area contributed by atoms with Gasteiger partial charge >= 0.3 is 11.8 Å². The van der Waals surface area contributed by atoms with Crippen molar-refractivity contribution in [3.8, 4) is 11.5 Å². The van der Waals surface area contributed by atoms with E-state index in [-0.39, 0.29) is 6.10 Å². The van der Waals surface area contributed by atoms with E-state index in [9.17, 15) is 9.59 Å². The molecule has 1 heterocycles. The van der Waals surface area contributed by atoms with E-state index in [0.717, 1.165) is 23.3 Å². The molecule has 0 spiro atoms. The molecule has 0 unspecified atom stereocenters. The van der Waals surface area contributed by atoms with E-state index in [1.54, 1.807) is 12.1 Å². The molecule has 0 aliphatic carbocycles. The van der Waals surface area contributed by atoms with Crippen molar-refractivity contribution in [3.05, 3.63) is 53.1 Å². The minimum atomic E-state index is -0.860. The Morgan fingerprint density at radius 3 is 2.71 bits per heavy atom. The second-order valence-corrected chi connectivity index (χ2v) is 6.58. The number of ether oxygens (including phenoxy) is 2. The third-order valence-electron chi connectivity index (χ3n) is 4.21. The highest BCUT2D eigenvalue weighted by atomic mass is 16.5. The molecule has 2 amide bonds. The first-order valence-corrected chi connectivity index (χ1v) is 9.13. The minimum absolute atomic E-state index is 0.113. The predicted molar refractivity (Wildman–Crippen MR) is 107 cm³/mol. The van der Waals surface area contributed by atoms with Crippen molar-refractivity contribution in [2.75, 3.05) is 11.9 Å². The quantitative estimate of drug-likeness (QED) is 0.473. The van der Waals surface area contributed by atoms with Gasteiger partial charge in [-0.15, -0.1) is 0 Å². The SMILES string of the molecule is CCOc1cc2c(cc1/C=N\NC(=O)C(=O)Nc1ccc(C)cc1)O[C@H](C)C2. The Balaban J connectivity index is 1.65. The Labute approximate surface area is 163 Å². The van der Waals surface area contributed by atoms with Gasteiger partial charge in [0, 0.05) is 23.2 Å². The molecule has 0 radical (unpaired) electrons. The van der Waals surface area contributed by atoms with Crippen LogP contribution in [0.25, 0.3) is 0 Å². The largest absolute Gasteiger partial charge is 0.493 e. The first-order chi connectivity index (χ1) is 13.5. The number of nitrogens with zero attached hydrogens (tertiary/aromatic N) is 1. The fourth-order valence-corrected chi connectivity index (χ4v) is 2.87. The lowest BCUT2D eigenvalue weighted by Crippen LogP contribution is -2.32. The molecule has 3 rings (SSSR count). The Hall–Kier alpha value is -3.35. The Bertz CT molecular complexity index is 907. The van der Waals surface area contributed by atoms with Gasteiger partial charge in [-0.25, -0.2) is 5.43 Å². The van der Waals surface area contributed by atoms with E-state index in [1.165, 1.54) is 6.21 Å². The molecule has 0 saturated carbocycles. The number of hydrogen-bond acceptors (Lipinski definition) is 5. The van der Waals surface area contributed by atoms with E-state index >= 15 is 0 Å². The van der Waals surface area contributed by atoms with Crippen molar-refractivity contribution in [3.63, 3.8) is 0 Å². The summed E-state index contributed by atoms with van der Waals surface area (Å²) in [5, 5.41) is 6.40. The van der Waals surface area contributed by atoms with Crippen LogP contribution < -0.4 is 20.2 Å². The van der Waals surface area contributed by atoms with E-state index in [2.05, 4.69) is 15.8 Å². The lowest BCUT2D eigenvalue weighted by atomic mass is 10.1. The summed E-state index contributed by atoms with van der Waals surface area (Å²) in [5.74, 6) is -0.222. The third kappa shape index (κ3) is 4.68. The van der Waals surface area contributed by atoms with Gasteiger partial charge in [0.2, 0.25) is 0 Å². The average molecular weight is 381 g/mol. The van der Waals surface area contributed by atoms with E-state index in [1.807, 2.05) is 45.0 Å². The zero-order valence-corrected chi connectivity index (χ0v) is 16.1. The molecule has 2 N–H and O–H groups in total. The summed E-state index contributed by atoms with van der Waals surface area (Å²) in [6.07, 6.45) is 2.37. The summed E-state index contributed by atoms with van der Waals surface area (Å²) in [4.78, 5) is 23.9. The minimum Gasteiger partial charge on any atom is -0.493 e. The van der Waals surface area contributed by atoms with Gasteiger partial charge in [-0.1, -0.05) is 17.7 Å². The second-order valence-electron chi connectivity index (χ2n) is 6.58. The highest BCUT2D eigenvalue weighted by Gasteiger charge is 2.21. The normalized spacial score (nSPS) is 15.0. The number of fused-ring (bicyclic) bond motifs is 1. The first kappa shape index (κ1) is 19.4. The third-order valence-corrected chi connectivity index (χ3v) is 4.21. The maximum absolute atomic E-state index is 12.0. The standard InChI is InChI=1S/C21H23N3O4/c1-4-27-18-10-15-9-14(3)28-19(15)11-16(18)12-22-24-21(26)20(25)23-17-7-5-13(2)6-8-17/h5-8,10-12,14H,4,9H2,1-3H3,(H,23,25)(H,24,26)/b22-12-/t14-/m1/s1. The number of nitrogens with one attached hydrogen (secondary N) is 2. The van der Waals surface area contributed by atoms with Crippen molar-refractivity contribution < 1.29 is 19.1 Å². The summed E-state index contributed by atoms with van der Waals surface area (Å²) in [7, 11) is 0. The van der Waals surface area contributed by atoms with E-state index in [0.29, 0.717) is 23.6 Å². The number of benzene rings is 2. The molecule has 0 saturated heterocycles. The topological polar surface area (TPSA) is 89.0 Å². The van der Waals surface area contributed by atoms with Crippen LogP contribution in [-0.2, 0) is 16.0 Å². The molecule has 2 aromatic rings. The number of hydrazone groups is 1. The number of carbonyl (C=O) groups excluding carboxylic acids is 2. The first-order valence-electron chi connectivity index (χ1n) is 9.13. The molecule has 0 bridgehead atoms. The smallest absolute Gasteiger partial charge is 0.329 e. The molecule has 2 aromatic carbocycles. The monoisotopic (exact) mass is 381 g/mol. The highest BCUT2D eigenvalue weighted by Crippen LogP contribution is 2.34. The van der Waals surface area contributed by atoms with Crippen LogP contribution in [0.15, 0.2) is 41.5 Å². The van der Waals surface area contributed by atoms with Crippen molar-refractivity contribution in [2.24, 2.45) is 5.10 Å². The lowest BCUT2D eigenvalue weighted by molar-refractivity contribution is -0.136. The van der Waals surface area contributed by atoms with Crippen LogP contribution in [0.2, 0.25) is 0 Å². The number of carbonyl (C=O) groups is 2. The van der Waals surface area contributed by atoms with E-state index < -0.39 is 11.8 Å². The van der Waals surface area contributed by atoms with E-state index in [4.69, 9.17) is 9.47 Å². The predicted octanol–water partition coefficient (Wildman–Crippen LogP) is 2.81. The Kier molecular flexibility index (Phi) is 5.93.